The van der Waals surface area contributed by atoms with Crippen LogP contribution in [0.3, 0.4) is 0 Å². The van der Waals surface area contributed by atoms with Crippen LogP contribution in [0, 0.1) is 16.0 Å². The number of nitro benzene ring substituents is 1. The van der Waals surface area contributed by atoms with Gasteiger partial charge in [-0.3, -0.25) is 14.9 Å². The molecule has 6 nitrogen and oxygen atoms in total. The van der Waals surface area contributed by atoms with Crippen molar-refractivity contribution in [3.8, 4) is 0 Å². The Morgan fingerprint density at radius 3 is 2.70 bits per heavy atom. The lowest BCUT2D eigenvalue weighted by Gasteiger charge is -2.15. The molecular formula is C14H18N2O4. The van der Waals surface area contributed by atoms with E-state index < -0.39 is 10.9 Å². The lowest BCUT2D eigenvalue weighted by molar-refractivity contribution is -0.384. The number of rotatable bonds is 6. The molecule has 20 heavy (non-hydrogen) atoms. The summed E-state index contributed by atoms with van der Waals surface area (Å²) in [5, 5.41) is 19.3. The van der Waals surface area contributed by atoms with Crippen LogP contribution in [0.15, 0.2) is 24.3 Å². The van der Waals surface area contributed by atoms with E-state index in [-0.39, 0.29) is 18.0 Å². The molecule has 1 aromatic carbocycles. The molecule has 1 N–H and O–H groups in total. The van der Waals surface area contributed by atoms with Gasteiger partial charge in [0.15, 0.2) is 0 Å². The fraction of sp³-hybridized carbons (Fsp3) is 0.500. The van der Waals surface area contributed by atoms with E-state index in [1.54, 1.807) is 12.1 Å². The van der Waals surface area contributed by atoms with Gasteiger partial charge in [-0.25, -0.2) is 0 Å². The van der Waals surface area contributed by atoms with Crippen LogP contribution >= 0.6 is 0 Å². The minimum atomic E-state index is -0.729. The van der Waals surface area contributed by atoms with E-state index in [1.165, 1.54) is 12.1 Å². The van der Waals surface area contributed by atoms with Gasteiger partial charge in [-0.1, -0.05) is 12.1 Å². The van der Waals surface area contributed by atoms with E-state index in [0.717, 1.165) is 38.0 Å². The Hall–Kier alpha value is -1.95. The first-order valence-corrected chi connectivity index (χ1v) is 6.72. The smallest absolute Gasteiger partial charge is 0.303 e. The Kier molecular flexibility index (Phi) is 4.68. The molecule has 1 fully saturated rings. The molecule has 2 rings (SSSR count). The zero-order valence-electron chi connectivity index (χ0n) is 11.2. The van der Waals surface area contributed by atoms with Crippen LogP contribution in [0.1, 0.15) is 18.4 Å². The number of carbonyl (C=O) groups is 1. The minimum absolute atomic E-state index is 0.108. The van der Waals surface area contributed by atoms with Gasteiger partial charge in [-0.05, 0) is 30.9 Å². The number of carboxylic acids is 1. The number of hydrogen-bond donors (Lipinski definition) is 1. The summed E-state index contributed by atoms with van der Waals surface area (Å²) in [6.07, 6.45) is 2.01. The Labute approximate surface area is 117 Å². The number of benzene rings is 1. The molecule has 1 aliphatic rings. The van der Waals surface area contributed by atoms with Gasteiger partial charge >= 0.3 is 5.97 Å². The first kappa shape index (κ1) is 14.5. The first-order chi connectivity index (χ1) is 9.54. The average Bonchev–Trinajstić information content (AvgIpc) is 2.83. The average molecular weight is 278 g/mol. The maximum Gasteiger partial charge on any atom is 0.303 e. The Balaban J connectivity index is 1.78. The number of hydrogen-bond acceptors (Lipinski definition) is 4. The van der Waals surface area contributed by atoms with Gasteiger partial charge in [0.05, 0.1) is 4.92 Å². The topological polar surface area (TPSA) is 83.7 Å². The van der Waals surface area contributed by atoms with Gasteiger partial charge in [0, 0.05) is 31.6 Å². The van der Waals surface area contributed by atoms with E-state index in [4.69, 9.17) is 5.11 Å². The minimum Gasteiger partial charge on any atom is -0.481 e. The Morgan fingerprint density at radius 2 is 2.10 bits per heavy atom. The third-order valence-electron chi connectivity index (χ3n) is 3.70. The van der Waals surface area contributed by atoms with E-state index >= 15 is 0 Å². The number of nitrogens with zero attached hydrogens (tertiary/aromatic N) is 2. The Bertz CT molecular complexity index is 486. The lowest BCUT2D eigenvalue weighted by Crippen LogP contribution is -2.23. The number of non-ortho nitro benzene ring substituents is 1. The van der Waals surface area contributed by atoms with Crippen LogP contribution in [0.5, 0.6) is 0 Å². The van der Waals surface area contributed by atoms with Crippen molar-refractivity contribution < 1.29 is 14.8 Å². The molecule has 1 aromatic rings. The molecule has 1 heterocycles. The molecule has 0 spiro atoms. The zero-order valence-corrected chi connectivity index (χ0v) is 11.2. The van der Waals surface area contributed by atoms with E-state index in [1.807, 2.05) is 0 Å². The second-order valence-corrected chi connectivity index (χ2v) is 5.23. The second kappa shape index (κ2) is 6.47. The van der Waals surface area contributed by atoms with Gasteiger partial charge in [-0.15, -0.1) is 0 Å². The number of nitro groups is 1. The van der Waals surface area contributed by atoms with Gasteiger partial charge in [0.2, 0.25) is 0 Å². The third-order valence-corrected chi connectivity index (χ3v) is 3.70. The van der Waals surface area contributed by atoms with Crippen LogP contribution in [0.4, 0.5) is 5.69 Å². The van der Waals surface area contributed by atoms with E-state index in [9.17, 15) is 14.9 Å². The predicted octanol–water partition coefficient (Wildman–Crippen LogP) is 1.93. The molecule has 0 saturated carbocycles. The normalized spacial score (nSPS) is 19.1. The number of likely N-dealkylation sites (tertiary alicyclic amines) is 1. The molecule has 1 saturated heterocycles. The van der Waals surface area contributed by atoms with Crippen molar-refractivity contribution >= 4 is 11.7 Å². The van der Waals surface area contributed by atoms with Crippen molar-refractivity contribution in [3.05, 3.63) is 39.9 Å². The van der Waals surface area contributed by atoms with Gasteiger partial charge in [0.25, 0.3) is 5.69 Å². The molecule has 0 amide bonds. The quantitative estimate of drug-likeness (QED) is 0.635. The molecule has 1 unspecified atom stereocenters. The third kappa shape index (κ3) is 4.03. The Morgan fingerprint density at radius 1 is 1.40 bits per heavy atom. The highest BCUT2D eigenvalue weighted by Gasteiger charge is 2.23. The number of aliphatic carboxylic acids is 1. The summed E-state index contributed by atoms with van der Waals surface area (Å²) in [4.78, 5) is 23.1. The van der Waals surface area contributed by atoms with Crippen molar-refractivity contribution in [3.63, 3.8) is 0 Å². The zero-order chi connectivity index (χ0) is 14.5. The molecule has 0 radical (unpaired) electrons. The van der Waals surface area contributed by atoms with E-state index in [2.05, 4.69) is 4.90 Å². The highest BCUT2D eigenvalue weighted by molar-refractivity contribution is 5.67. The molecule has 108 valence electrons. The molecule has 1 atom stereocenters. The summed E-state index contributed by atoms with van der Waals surface area (Å²) in [7, 11) is 0. The van der Waals surface area contributed by atoms with Gasteiger partial charge < -0.3 is 10.0 Å². The first-order valence-electron chi connectivity index (χ1n) is 6.72. The van der Waals surface area contributed by atoms with Crippen molar-refractivity contribution in [2.75, 3.05) is 19.6 Å². The number of carboxylic acid groups (broad SMARTS) is 1. The van der Waals surface area contributed by atoms with Crippen molar-refractivity contribution in [2.45, 2.75) is 19.3 Å². The largest absolute Gasteiger partial charge is 0.481 e. The van der Waals surface area contributed by atoms with Crippen LogP contribution < -0.4 is 0 Å². The summed E-state index contributed by atoms with van der Waals surface area (Å²) in [5.41, 5.74) is 1.17. The van der Waals surface area contributed by atoms with Gasteiger partial charge in [0.1, 0.15) is 0 Å². The fourth-order valence-electron chi connectivity index (χ4n) is 2.60. The highest BCUT2D eigenvalue weighted by atomic mass is 16.6. The van der Waals surface area contributed by atoms with Gasteiger partial charge in [-0.2, -0.15) is 0 Å². The van der Waals surface area contributed by atoms with Crippen LogP contribution in [-0.2, 0) is 11.2 Å². The fourth-order valence-corrected chi connectivity index (χ4v) is 2.60. The lowest BCUT2D eigenvalue weighted by atomic mass is 10.1. The SMILES string of the molecule is O=C(O)CC1CCN(CCc2ccc([N+](=O)[O-])cc2)C1. The summed E-state index contributed by atoms with van der Waals surface area (Å²) in [5.74, 6) is -0.475. The molecule has 0 aliphatic carbocycles. The van der Waals surface area contributed by atoms with Crippen molar-refractivity contribution in [1.82, 2.24) is 4.90 Å². The second-order valence-electron chi connectivity index (χ2n) is 5.23. The van der Waals surface area contributed by atoms with E-state index in [0.29, 0.717) is 0 Å². The van der Waals surface area contributed by atoms with Crippen LogP contribution in [-0.4, -0.2) is 40.5 Å². The molecule has 0 aromatic heterocycles. The summed E-state index contributed by atoms with van der Waals surface area (Å²) in [6, 6.07) is 6.60. The maximum absolute atomic E-state index is 10.7. The summed E-state index contributed by atoms with van der Waals surface area (Å²) < 4.78 is 0. The molecular weight excluding hydrogens is 260 g/mol. The monoisotopic (exact) mass is 278 g/mol. The maximum atomic E-state index is 10.7. The summed E-state index contributed by atoms with van der Waals surface area (Å²) >= 11 is 0. The molecule has 1 aliphatic heterocycles. The van der Waals surface area contributed by atoms with Crippen molar-refractivity contribution in [1.29, 1.82) is 0 Å². The molecule has 0 bridgehead atoms. The highest BCUT2D eigenvalue weighted by Crippen LogP contribution is 2.20. The predicted molar refractivity (Wildman–Crippen MR) is 73.6 cm³/mol. The summed E-state index contributed by atoms with van der Waals surface area (Å²) in [6.45, 7) is 2.64. The standard InChI is InChI=1S/C14H18N2O4/c17-14(18)9-12-6-8-15(10-12)7-5-11-1-3-13(4-2-11)16(19)20/h1-4,12H,5-10H2,(H,17,18). The van der Waals surface area contributed by atoms with Crippen LogP contribution in [0.2, 0.25) is 0 Å². The van der Waals surface area contributed by atoms with Crippen molar-refractivity contribution in [2.24, 2.45) is 5.92 Å². The van der Waals surface area contributed by atoms with Crippen LogP contribution in [0.25, 0.3) is 0 Å². The molecule has 6 heteroatoms.